The lowest BCUT2D eigenvalue weighted by atomic mass is 9.87. The van der Waals surface area contributed by atoms with Crippen LogP contribution in [0.4, 0.5) is 0 Å². The second-order valence-corrected chi connectivity index (χ2v) is 6.19. The summed E-state index contributed by atoms with van der Waals surface area (Å²) in [6.07, 6.45) is 0. The van der Waals surface area contributed by atoms with Crippen molar-refractivity contribution in [2.24, 2.45) is 0 Å². The van der Waals surface area contributed by atoms with Gasteiger partial charge in [0.25, 0.3) is 5.91 Å². The van der Waals surface area contributed by atoms with Crippen molar-refractivity contribution < 1.29 is 9.53 Å². The van der Waals surface area contributed by atoms with Crippen LogP contribution in [0, 0.1) is 0 Å². The van der Waals surface area contributed by atoms with Gasteiger partial charge in [-0.3, -0.25) is 4.79 Å². The molecule has 0 atom stereocenters. The van der Waals surface area contributed by atoms with E-state index < -0.39 is 0 Å². The first kappa shape index (κ1) is 17.8. The SMILES string of the molecule is CC(C)(C)c1ccc(OCC(=O)N2CCNCC2)cc1.Cl. The first-order valence-corrected chi connectivity index (χ1v) is 7.19. The van der Waals surface area contributed by atoms with E-state index in [0.717, 1.165) is 31.9 Å². The Morgan fingerprint density at radius 1 is 1.19 bits per heavy atom. The second kappa shape index (κ2) is 7.66. The molecule has 0 spiro atoms. The number of piperazine rings is 1. The minimum atomic E-state index is 0. The molecule has 1 aromatic rings. The van der Waals surface area contributed by atoms with Crippen molar-refractivity contribution in [1.29, 1.82) is 0 Å². The average molecular weight is 313 g/mol. The molecule has 0 aliphatic carbocycles. The molecular weight excluding hydrogens is 288 g/mol. The Morgan fingerprint density at radius 3 is 2.29 bits per heavy atom. The Balaban J connectivity index is 0.00000220. The van der Waals surface area contributed by atoms with Crippen LogP contribution in [-0.4, -0.2) is 43.6 Å². The van der Waals surface area contributed by atoms with E-state index in [1.54, 1.807) is 0 Å². The van der Waals surface area contributed by atoms with E-state index in [-0.39, 0.29) is 30.3 Å². The smallest absolute Gasteiger partial charge is 0.260 e. The zero-order chi connectivity index (χ0) is 14.6. The molecule has 0 unspecified atom stereocenters. The molecule has 118 valence electrons. The molecule has 1 aromatic carbocycles. The van der Waals surface area contributed by atoms with Crippen LogP contribution < -0.4 is 10.1 Å². The van der Waals surface area contributed by atoms with Gasteiger partial charge < -0.3 is 15.0 Å². The number of halogens is 1. The summed E-state index contributed by atoms with van der Waals surface area (Å²) in [5.41, 5.74) is 1.40. The van der Waals surface area contributed by atoms with Gasteiger partial charge in [-0.2, -0.15) is 0 Å². The Morgan fingerprint density at radius 2 is 1.76 bits per heavy atom. The van der Waals surface area contributed by atoms with Crippen molar-refractivity contribution >= 4 is 18.3 Å². The van der Waals surface area contributed by atoms with Crippen LogP contribution >= 0.6 is 12.4 Å². The number of rotatable bonds is 3. The van der Waals surface area contributed by atoms with Gasteiger partial charge >= 0.3 is 0 Å². The molecule has 4 nitrogen and oxygen atoms in total. The molecule has 1 heterocycles. The third kappa shape index (κ3) is 5.21. The van der Waals surface area contributed by atoms with E-state index in [2.05, 4.69) is 38.2 Å². The normalized spacial score (nSPS) is 15.3. The maximum atomic E-state index is 12.0. The predicted molar refractivity (Wildman–Crippen MR) is 87.3 cm³/mol. The lowest BCUT2D eigenvalue weighted by Gasteiger charge is -2.27. The van der Waals surface area contributed by atoms with Crippen LogP contribution in [0.2, 0.25) is 0 Å². The molecular formula is C16H25ClN2O2. The number of nitrogens with zero attached hydrogens (tertiary/aromatic N) is 1. The number of carbonyl (C=O) groups is 1. The van der Waals surface area contributed by atoms with E-state index >= 15 is 0 Å². The van der Waals surface area contributed by atoms with Gasteiger partial charge in [-0.15, -0.1) is 12.4 Å². The number of hydrogen-bond acceptors (Lipinski definition) is 3. The number of benzene rings is 1. The number of amides is 1. The van der Waals surface area contributed by atoms with Crippen molar-refractivity contribution in [3.63, 3.8) is 0 Å². The minimum absolute atomic E-state index is 0. The lowest BCUT2D eigenvalue weighted by molar-refractivity contribution is -0.133. The molecule has 1 saturated heterocycles. The van der Waals surface area contributed by atoms with Gasteiger partial charge in [-0.1, -0.05) is 32.9 Å². The van der Waals surface area contributed by atoms with Crippen LogP contribution in [0.15, 0.2) is 24.3 Å². The molecule has 0 saturated carbocycles. The number of nitrogens with one attached hydrogen (secondary N) is 1. The average Bonchev–Trinajstić information content (AvgIpc) is 2.45. The van der Waals surface area contributed by atoms with E-state index in [1.807, 2.05) is 17.0 Å². The highest BCUT2D eigenvalue weighted by Crippen LogP contribution is 2.24. The Hall–Kier alpha value is -1.26. The zero-order valence-electron chi connectivity index (χ0n) is 13.0. The summed E-state index contributed by atoms with van der Waals surface area (Å²) in [6, 6.07) is 7.99. The van der Waals surface area contributed by atoms with Gasteiger partial charge in [0.2, 0.25) is 0 Å². The van der Waals surface area contributed by atoms with Crippen molar-refractivity contribution in [3.05, 3.63) is 29.8 Å². The standard InChI is InChI=1S/C16H24N2O2.ClH/c1-16(2,3)13-4-6-14(7-5-13)20-12-15(19)18-10-8-17-9-11-18;/h4-7,17H,8-12H2,1-3H3;1H. The molecule has 5 heteroatoms. The summed E-state index contributed by atoms with van der Waals surface area (Å²) in [5, 5.41) is 3.23. The third-order valence-electron chi connectivity index (χ3n) is 3.55. The number of hydrogen-bond donors (Lipinski definition) is 1. The Kier molecular flexibility index (Phi) is 6.49. The largest absolute Gasteiger partial charge is 0.484 e. The Labute approximate surface area is 133 Å². The van der Waals surface area contributed by atoms with Gasteiger partial charge in [-0.25, -0.2) is 0 Å². The summed E-state index contributed by atoms with van der Waals surface area (Å²) in [5.74, 6) is 0.813. The molecule has 1 amide bonds. The van der Waals surface area contributed by atoms with E-state index in [0.29, 0.717) is 0 Å². The first-order valence-electron chi connectivity index (χ1n) is 7.19. The van der Waals surface area contributed by atoms with Crippen LogP contribution in [0.25, 0.3) is 0 Å². The third-order valence-corrected chi connectivity index (χ3v) is 3.55. The Bertz CT molecular complexity index is 448. The molecule has 21 heavy (non-hydrogen) atoms. The molecule has 0 bridgehead atoms. The second-order valence-electron chi connectivity index (χ2n) is 6.19. The molecule has 0 radical (unpaired) electrons. The van der Waals surface area contributed by atoms with Gasteiger partial charge in [0.05, 0.1) is 0 Å². The van der Waals surface area contributed by atoms with E-state index in [4.69, 9.17) is 4.74 Å². The summed E-state index contributed by atoms with van der Waals surface area (Å²) in [4.78, 5) is 13.8. The summed E-state index contributed by atoms with van der Waals surface area (Å²) < 4.78 is 5.58. The van der Waals surface area contributed by atoms with Crippen molar-refractivity contribution in [2.45, 2.75) is 26.2 Å². The molecule has 1 aliphatic heterocycles. The molecule has 1 fully saturated rings. The predicted octanol–water partition coefficient (Wildman–Crippen LogP) is 2.22. The highest BCUT2D eigenvalue weighted by molar-refractivity contribution is 5.85. The lowest BCUT2D eigenvalue weighted by Crippen LogP contribution is -2.47. The van der Waals surface area contributed by atoms with Crippen LogP contribution in [-0.2, 0) is 10.2 Å². The topological polar surface area (TPSA) is 41.6 Å². The van der Waals surface area contributed by atoms with Gasteiger partial charge in [-0.05, 0) is 23.1 Å². The van der Waals surface area contributed by atoms with Gasteiger partial charge in [0, 0.05) is 26.2 Å². The fourth-order valence-corrected chi connectivity index (χ4v) is 2.20. The first-order chi connectivity index (χ1) is 9.47. The fourth-order valence-electron chi connectivity index (χ4n) is 2.20. The fraction of sp³-hybridized carbons (Fsp3) is 0.562. The van der Waals surface area contributed by atoms with Gasteiger partial charge in [0.15, 0.2) is 6.61 Å². The maximum Gasteiger partial charge on any atom is 0.260 e. The monoisotopic (exact) mass is 312 g/mol. The zero-order valence-corrected chi connectivity index (χ0v) is 13.8. The quantitative estimate of drug-likeness (QED) is 0.930. The molecule has 1 aliphatic rings. The highest BCUT2D eigenvalue weighted by Gasteiger charge is 2.17. The summed E-state index contributed by atoms with van der Waals surface area (Å²) in [7, 11) is 0. The summed E-state index contributed by atoms with van der Waals surface area (Å²) >= 11 is 0. The highest BCUT2D eigenvalue weighted by atomic mass is 35.5. The van der Waals surface area contributed by atoms with Crippen LogP contribution in [0.5, 0.6) is 5.75 Å². The minimum Gasteiger partial charge on any atom is -0.484 e. The van der Waals surface area contributed by atoms with Crippen molar-refractivity contribution in [3.8, 4) is 5.75 Å². The van der Waals surface area contributed by atoms with Crippen LogP contribution in [0.1, 0.15) is 26.3 Å². The maximum absolute atomic E-state index is 12.0. The summed E-state index contributed by atoms with van der Waals surface area (Å²) in [6.45, 7) is 9.92. The number of ether oxygens (including phenoxy) is 1. The van der Waals surface area contributed by atoms with Crippen molar-refractivity contribution in [1.82, 2.24) is 10.2 Å². The van der Waals surface area contributed by atoms with Crippen molar-refractivity contribution in [2.75, 3.05) is 32.8 Å². The van der Waals surface area contributed by atoms with Crippen LogP contribution in [0.3, 0.4) is 0 Å². The molecule has 0 aromatic heterocycles. The van der Waals surface area contributed by atoms with E-state index in [1.165, 1.54) is 5.56 Å². The van der Waals surface area contributed by atoms with E-state index in [9.17, 15) is 4.79 Å². The number of carbonyl (C=O) groups excluding carboxylic acids is 1. The molecule has 1 N–H and O–H groups in total. The molecule has 2 rings (SSSR count). The van der Waals surface area contributed by atoms with Gasteiger partial charge in [0.1, 0.15) is 5.75 Å².